The molecule has 0 amide bonds. The van der Waals surface area contributed by atoms with Crippen molar-refractivity contribution in [2.75, 3.05) is 19.5 Å². The smallest absolute Gasteiger partial charge is 0.337 e. The summed E-state index contributed by atoms with van der Waals surface area (Å²) in [5, 5.41) is 13.5. The van der Waals surface area contributed by atoms with Crippen LogP contribution in [0.4, 0.5) is 11.4 Å². The van der Waals surface area contributed by atoms with Gasteiger partial charge in [0.05, 0.1) is 42.1 Å². The van der Waals surface area contributed by atoms with Crippen LogP contribution in [-0.4, -0.2) is 36.5 Å². The average Bonchev–Trinajstić information content (AvgIpc) is 2.92. The van der Waals surface area contributed by atoms with Crippen molar-refractivity contribution in [1.29, 1.82) is 5.26 Å². The second kappa shape index (κ2) is 8.77. The van der Waals surface area contributed by atoms with E-state index < -0.39 is 17.5 Å². The third kappa shape index (κ3) is 3.54. The summed E-state index contributed by atoms with van der Waals surface area (Å²) in [7, 11) is 4.00. The lowest BCUT2D eigenvalue weighted by atomic mass is 9.81. The lowest BCUT2D eigenvalue weighted by Gasteiger charge is -2.24. The molecule has 9 heteroatoms. The number of nitrogens with one attached hydrogen (secondary N) is 1. The molecule has 0 saturated heterocycles. The summed E-state index contributed by atoms with van der Waals surface area (Å²) in [6.45, 7) is 0. The Labute approximate surface area is 210 Å². The van der Waals surface area contributed by atoms with Crippen LogP contribution in [-0.2, 0) is 16.5 Å². The first-order valence-electron chi connectivity index (χ1n) is 11.1. The zero-order chi connectivity index (χ0) is 26.4. The Bertz CT molecular complexity index is 1740. The molecule has 0 bridgehead atoms. The number of pyridine rings is 1. The minimum absolute atomic E-state index is 0.0611. The number of methoxy groups -OCH3 is 2. The number of esters is 2. The van der Waals surface area contributed by atoms with Crippen LogP contribution in [0.25, 0.3) is 22.0 Å². The number of benzene rings is 3. The minimum atomic E-state index is -0.658. The molecule has 0 unspecified atom stereocenters. The number of hydrogen-bond acceptors (Lipinski definition) is 8. The Balaban J connectivity index is 1.81. The summed E-state index contributed by atoms with van der Waals surface area (Å²) in [6, 6.07) is 16.5. The van der Waals surface area contributed by atoms with Gasteiger partial charge < -0.3 is 19.4 Å². The minimum Gasteiger partial charge on any atom is -0.465 e. The highest BCUT2D eigenvalue weighted by atomic mass is 16.5. The summed E-state index contributed by atoms with van der Waals surface area (Å²) in [6.07, 6.45) is 0. The number of nitriles is 1. The largest absolute Gasteiger partial charge is 0.465 e. The molecule has 0 saturated carbocycles. The molecular formula is C28H19N3O6. The highest BCUT2D eigenvalue weighted by molar-refractivity contribution is 6.28. The van der Waals surface area contributed by atoms with Crippen molar-refractivity contribution in [2.24, 2.45) is 7.05 Å². The van der Waals surface area contributed by atoms with Gasteiger partial charge >= 0.3 is 11.9 Å². The summed E-state index contributed by atoms with van der Waals surface area (Å²) in [5.41, 5.74) is 2.40. The Morgan fingerprint density at radius 1 is 0.892 bits per heavy atom. The van der Waals surface area contributed by atoms with Crippen molar-refractivity contribution >= 4 is 40.0 Å². The number of aryl methyl sites for hydroxylation is 1. The fraction of sp³-hybridized carbons (Fsp3) is 0.107. The monoisotopic (exact) mass is 493 g/mol. The van der Waals surface area contributed by atoms with E-state index in [2.05, 4.69) is 5.32 Å². The van der Waals surface area contributed by atoms with Crippen LogP contribution in [0.2, 0.25) is 0 Å². The number of ether oxygens (including phenoxy) is 2. The van der Waals surface area contributed by atoms with E-state index in [4.69, 9.17) is 9.47 Å². The molecule has 37 heavy (non-hydrogen) atoms. The molecule has 1 heterocycles. The van der Waals surface area contributed by atoms with Gasteiger partial charge in [0.2, 0.25) is 0 Å². The molecule has 3 aromatic carbocycles. The van der Waals surface area contributed by atoms with Gasteiger partial charge in [-0.15, -0.1) is 0 Å². The molecule has 0 atom stereocenters. The number of anilines is 2. The van der Waals surface area contributed by atoms with Crippen LogP contribution in [0.1, 0.15) is 42.2 Å². The molecule has 1 aliphatic rings. The van der Waals surface area contributed by atoms with E-state index in [0.717, 1.165) is 0 Å². The van der Waals surface area contributed by atoms with Gasteiger partial charge in [0.15, 0.2) is 5.78 Å². The molecule has 182 valence electrons. The summed E-state index contributed by atoms with van der Waals surface area (Å²) >= 11 is 0. The van der Waals surface area contributed by atoms with Crippen molar-refractivity contribution in [1.82, 2.24) is 4.57 Å². The van der Waals surface area contributed by atoms with Crippen molar-refractivity contribution in [2.45, 2.75) is 0 Å². The lowest BCUT2D eigenvalue weighted by Crippen LogP contribution is -2.24. The fourth-order valence-electron chi connectivity index (χ4n) is 4.71. The van der Waals surface area contributed by atoms with E-state index in [0.29, 0.717) is 39.0 Å². The quantitative estimate of drug-likeness (QED) is 0.373. The van der Waals surface area contributed by atoms with Gasteiger partial charge in [-0.05, 0) is 35.9 Å². The van der Waals surface area contributed by atoms with E-state index in [1.54, 1.807) is 43.4 Å². The highest BCUT2D eigenvalue weighted by Crippen LogP contribution is 2.43. The van der Waals surface area contributed by atoms with Gasteiger partial charge in [-0.2, -0.15) is 5.26 Å². The van der Waals surface area contributed by atoms with Crippen LogP contribution >= 0.6 is 0 Å². The number of ketones is 1. The summed E-state index contributed by atoms with van der Waals surface area (Å²) in [4.78, 5) is 51.3. The van der Waals surface area contributed by atoms with Gasteiger partial charge in [0, 0.05) is 29.2 Å². The van der Waals surface area contributed by atoms with Crippen LogP contribution in [0, 0.1) is 11.3 Å². The second-order valence-electron chi connectivity index (χ2n) is 8.39. The third-order valence-electron chi connectivity index (χ3n) is 6.40. The third-order valence-corrected chi connectivity index (χ3v) is 6.40. The Morgan fingerprint density at radius 2 is 1.51 bits per heavy atom. The molecule has 9 nitrogen and oxygen atoms in total. The molecule has 0 fully saturated rings. The summed E-state index contributed by atoms with van der Waals surface area (Å²) < 4.78 is 11.0. The zero-order valence-electron chi connectivity index (χ0n) is 20.0. The van der Waals surface area contributed by atoms with Crippen molar-refractivity contribution in [3.63, 3.8) is 0 Å². The second-order valence-corrected chi connectivity index (χ2v) is 8.39. The van der Waals surface area contributed by atoms with Crippen molar-refractivity contribution in [3.8, 4) is 17.2 Å². The van der Waals surface area contributed by atoms with Crippen molar-refractivity contribution < 1.29 is 23.9 Å². The summed E-state index contributed by atoms with van der Waals surface area (Å²) in [5.74, 6) is -1.61. The van der Waals surface area contributed by atoms with E-state index in [9.17, 15) is 24.4 Å². The molecule has 1 aromatic heterocycles. The topological polar surface area (TPSA) is 127 Å². The Morgan fingerprint density at radius 3 is 2.11 bits per heavy atom. The molecule has 0 spiro atoms. The number of nitrogens with zero attached hydrogens (tertiary/aromatic N) is 2. The van der Waals surface area contributed by atoms with E-state index >= 15 is 0 Å². The fourth-order valence-corrected chi connectivity index (χ4v) is 4.71. The Hall–Kier alpha value is -5.23. The predicted molar refractivity (Wildman–Crippen MR) is 135 cm³/mol. The first-order chi connectivity index (χ1) is 17.8. The van der Waals surface area contributed by atoms with Gasteiger partial charge in [0.1, 0.15) is 11.6 Å². The maximum absolute atomic E-state index is 13.8. The number of carbonyl (C=O) groups excluding carboxylic acids is 3. The molecule has 1 aliphatic carbocycles. The molecule has 1 N–H and O–H groups in total. The average molecular weight is 493 g/mol. The maximum atomic E-state index is 13.8. The van der Waals surface area contributed by atoms with E-state index in [1.165, 1.54) is 37.0 Å². The van der Waals surface area contributed by atoms with Gasteiger partial charge in [-0.3, -0.25) is 9.59 Å². The molecular weight excluding hydrogens is 474 g/mol. The number of aromatic nitrogens is 1. The molecule has 0 radical (unpaired) electrons. The van der Waals surface area contributed by atoms with Crippen LogP contribution in [0.15, 0.2) is 59.4 Å². The normalized spacial score (nSPS) is 11.5. The predicted octanol–water partition coefficient (Wildman–Crippen LogP) is 3.94. The van der Waals surface area contributed by atoms with Gasteiger partial charge in [-0.1, -0.05) is 24.3 Å². The van der Waals surface area contributed by atoms with Gasteiger partial charge in [0.25, 0.3) is 5.56 Å². The number of rotatable bonds is 4. The molecule has 4 aromatic rings. The van der Waals surface area contributed by atoms with Gasteiger partial charge in [-0.25, -0.2) is 9.59 Å². The SMILES string of the molecule is COC(=O)c1cc(Nc2ccc3c4c2C(=O)c2ccccc2-c4c(C#N)c(=O)n3C)cc(C(=O)OC)c1. The van der Waals surface area contributed by atoms with Crippen LogP contribution in [0.3, 0.4) is 0 Å². The first kappa shape index (κ1) is 23.5. The number of carbonyl (C=O) groups is 3. The zero-order valence-corrected chi connectivity index (χ0v) is 20.0. The lowest BCUT2D eigenvalue weighted by molar-refractivity contribution is 0.0599. The molecule has 5 rings (SSSR count). The van der Waals surface area contributed by atoms with Crippen molar-refractivity contribution in [3.05, 3.63) is 92.8 Å². The van der Waals surface area contributed by atoms with E-state index in [1.807, 2.05) is 6.07 Å². The van der Waals surface area contributed by atoms with E-state index in [-0.39, 0.29) is 28.0 Å². The van der Waals surface area contributed by atoms with Crippen LogP contribution < -0.4 is 10.9 Å². The highest BCUT2D eigenvalue weighted by Gasteiger charge is 2.32. The molecule has 0 aliphatic heterocycles. The number of hydrogen-bond donors (Lipinski definition) is 1. The van der Waals surface area contributed by atoms with Crippen LogP contribution in [0.5, 0.6) is 0 Å². The first-order valence-corrected chi connectivity index (χ1v) is 11.1. The Kier molecular flexibility index (Phi) is 5.57. The maximum Gasteiger partial charge on any atom is 0.337 e. The standard InChI is InChI=1S/C28H19N3O6/c1-31-21-9-8-20(30-16-11-14(27(34)36-2)10-15(12-16)28(35)37-3)23-24(21)22(19(13-29)26(31)33)17-6-4-5-7-18(17)25(23)32/h4-12,30H,1-3H3. The number of fused-ring (bicyclic) bond motifs is 2.